The smallest absolute Gasteiger partial charge is 0.262 e. The van der Waals surface area contributed by atoms with Crippen LogP contribution in [0, 0.1) is 5.92 Å². The molecule has 0 unspecified atom stereocenters. The SMILES string of the molecule is CC(C)Cn1cnc2sc3c(c2c1=O)CCN(C(=O)c1ccc(C(C)(C)C)cc1)C3. The first-order valence-corrected chi connectivity index (χ1v) is 11.4. The van der Waals surface area contributed by atoms with Gasteiger partial charge in [0.1, 0.15) is 4.83 Å². The van der Waals surface area contributed by atoms with Crippen molar-refractivity contribution in [1.82, 2.24) is 14.5 Å². The number of thiophene rings is 1. The summed E-state index contributed by atoms with van der Waals surface area (Å²) in [6, 6.07) is 7.94. The van der Waals surface area contributed by atoms with Crippen LogP contribution in [0.15, 0.2) is 35.4 Å². The van der Waals surface area contributed by atoms with Gasteiger partial charge in [-0.1, -0.05) is 46.8 Å². The van der Waals surface area contributed by atoms with Crippen molar-refractivity contribution < 1.29 is 4.79 Å². The summed E-state index contributed by atoms with van der Waals surface area (Å²) in [6.07, 6.45) is 2.36. The highest BCUT2D eigenvalue weighted by Gasteiger charge is 2.27. The normalized spacial score (nSPS) is 14.4. The van der Waals surface area contributed by atoms with Gasteiger partial charge in [-0.05, 0) is 41.0 Å². The van der Waals surface area contributed by atoms with E-state index in [0.29, 0.717) is 37.5 Å². The molecule has 1 aromatic carbocycles. The number of nitrogens with zero attached hydrogens (tertiary/aromatic N) is 3. The quantitative estimate of drug-likeness (QED) is 0.618. The summed E-state index contributed by atoms with van der Waals surface area (Å²) in [5, 5.41) is 0.750. The molecule has 30 heavy (non-hydrogen) atoms. The van der Waals surface area contributed by atoms with Crippen molar-refractivity contribution in [3.05, 3.63) is 62.5 Å². The van der Waals surface area contributed by atoms with E-state index in [4.69, 9.17) is 0 Å². The second-order valence-electron chi connectivity index (χ2n) is 9.58. The third-order valence-electron chi connectivity index (χ3n) is 5.67. The van der Waals surface area contributed by atoms with E-state index >= 15 is 0 Å². The highest BCUT2D eigenvalue weighted by atomic mass is 32.1. The minimum atomic E-state index is 0.0451. The summed E-state index contributed by atoms with van der Waals surface area (Å²) in [7, 11) is 0. The van der Waals surface area contributed by atoms with E-state index < -0.39 is 0 Å². The molecule has 0 fully saturated rings. The van der Waals surface area contributed by atoms with Crippen LogP contribution in [0.4, 0.5) is 0 Å². The van der Waals surface area contributed by atoms with Crippen LogP contribution in [0.2, 0.25) is 0 Å². The Morgan fingerprint density at radius 1 is 1.20 bits per heavy atom. The maximum atomic E-state index is 13.1. The third-order valence-corrected chi connectivity index (χ3v) is 6.80. The Bertz CT molecular complexity index is 1150. The van der Waals surface area contributed by atoms with Crippen molar-refractivity contribution in [3.63, 3.8) is 0 Å². The van der Waals surface area contributed by atoms with Crippen LogP contribution in [0.25, 0.3) is 10.2 Å². The van der Waals surface area contributed by atoms with Gasteiger partial charge in [0.05, 0.1) is 18.3 Å². The molecule has 0 saturated heterocycles. The minimum absolute atomic E-state index is 0.0451. The zero-order valence-electron chi connectivity index (χ0n) is 18.4. The summed E-state index contributed by atoms with van der Waals surface area (Å²) < 4.78 is 1.72. The predicted molar refractivity (Wildman–Crippen MR) is 122 cm³/mol. The molecule has 6 heteroatoms. The van der Waals surface area contributed by atoms with Gasteiger partial charge in [-0.3, -0.25) is 14.2 Å². The largest absolute Gasteiger partial charge is 0.333 e. The van der Waals surface area contributed by atoms with Crippen molar-refractivity contribution in [2.45, 2.75) is 59.5 Å². The molecule has 0 bridgehead atoms. The fraction of sp³-hybridized carbons (Fsp3) is 0.458. The fourth-order valence-electron chi connectivity index (χ4n) is 4.01. The summed E-state index contributed by atoms with van der Waals surface area (Å²) in [5.74, 6) is 0.429. The van der Waals surface area contributed by atoms with E-state index in [2.05, 4.69) is 39.6 Å². The van der Waals surface area contributed by atoms with E-state index in [9.17, 15) is 9.59 Å². The number of carbonyl (C=O) groups is 1. The van der Waals surface area contributed by atoms with Crippen molar-refractivity contribution >= 4 is 27.5 Å². The number of hydrogen-bond acceptors (Lipinski definition) is 4. The van der Waals surface area contributed by atoms with Gasteiger partial charge in [0.2, 0.25) is 0 Å². The first kappa shape index (κ1) is 20.8. The highest BCUT2D eigenvalue weighted by molar-refractivity contribution is 7.18. The second kappa shape index (κ2) is 7.65. The van der Waals surface area contributed by atoms with Crippen molar-refractivity contribution in [1.29, 1.82) is 0 Å². The molecule has 1 aliphatic heterocycles. The molecule has 4 rings (SSSR count). The average molecular weight is 424 g/mol. The van der Waals surface area contributed by atoms with Crippen LogP contribution in [0.1, 0.15) is 61.0 Å². The lowest BCUT2D eigenvalue weighted by molar-refractivity contribution is 0.0737. The Morgan fingerprint density at radius 2 is 1.90 bits per heavy atom. The molecule has 0 spiro atoms. The van der Waals surface area contributed by atoms with Gasteiger partial charge in [-0.25, -0.2) is 4.98 Å². The van der Waals surface area contributed by atoms with Crippen molar-refractivity contribution in [3.8, 4) is 0 Å². The summed E-state index contributed by atoms with van der Waals surface area (Å²) in [4.78, 5) is 34.4. The Hall–Kier alpha value is -2.47. The lowest BCUT2D eigenvalue weighted by Gasteiger charge is -2.27. The summed E-state index contributed by atoms with van der Waals surface area (Å²) in [6.45, 7) is 12.5. The van der Waals surface area contributed by atoms with E-state index in [1.54, 1.807) is 22.2 Å². The molecule has 3 heterocycles. The number of benzene rings is 1. The second-order valence-corrected chi connectivity index (χ2v) is 10.7. The number of rotatable bonds is 3. The maximum absolute atomic E-state index is 13.1. The Kier molecular flexibility index (Phi) is 5.30. The Labute approximate surface area is 181 Å². The van der Waals surface area contributed by atoms with Gasteiger partial charge in [0.15, 0.2) is 0 Å². The molecule has 0 saturated carbocycles. The zero-order valence-corrected chi connectivity index (χ0v) is 19.2. The molecule has 158 valence electrons. The lowest BCUT2D eigenvalue weighted by atomic mass is 9.86. The molecule has 1 aliphatic rings. The molecule has 0 radical (unpaired) electrons. The monoisotopic (exact) mass is 423 g/mol. The van der Waals surface area contributed by atoms with Crippen LogP contribution in [-0.2, 0) is 24.9 Å². The highest BCUT2D eigenvalue weighted by Crippen LogP contribution is 2.33. The van der Waals surface area contributed by atoms with Gasteiger partial charge in [-0.2, -0.15) is 0 Å². The van der Waals surface area contributed by atoms with Gasteiger partial charge in [0.25, 0.3) is 11.5 Å². The molecule has 0 atom stereocenters. The number of carbonyl (C=O) groups excluding carboxylic acids is 1. The Balaban J connectivity index is 1.60. The van der Waals surface area contributed by atoms with E-state index in [1.807, 2.05) is 29.2 Å². The standard InChI is InChI=1S/C24H29N3O2S/c1-15(2)12-27-14-25-21-20(23(27)29)18-10-11-26(13-19(18)30-21)22(28)16-6-8-17(9-7-16)24(3,4)5/h6-9,14-15H,10-13H2,1-5H3. The minimum Gasteiger partial charge on any atom is -0.333 e. The number of hydrogen-bond donors (Lipinski definition) is 0. The lowest BCUT2D eigenvalue weighted by Crippen LogP contribution is -2.35. The van der Waals surface area contributed by atoms with Gasteiger partial charge in [0, 0.05) is 23.5 Å². The maximum Gasteiger partial charge on any atom is 0.262 e. The van der Waals surface area contributed by atoms with Crippen LogP contribution < -0.4 is 5.56 Å². The number of aromatic nitrogens is 2. The third kappa shape index (κ3) is 3.81. The molecule has 1 amide bonds. The van der Waals surface area contributed by atoms with Crippen molar-refractivity contribution in [2.24, 2.45) is 5.92 Å². The molecule has 0 aliphatic carbocycles. The number of fused-ring (bicyclic) bond motifs is 3. The predicted octanol–water partition coefficient (Wildman–Crippen LogP) is 4.61. The van der Waals surface area contributed by atoms with Crippen LogP contribution in [-0.4, -0.2) is 26.9 Å². The average Bonchev–Trinajstić information content (AvgIpc) is 3.07. The topological polar surface area (TPSA) is 55.2 Å². The van der Waals surface area contributed by atoms with Gasteiger partial charge >= 0.3 is 0 Å². The van der Waals surface area contributed by atoms with Crippen LogP contribution in [0.3, 0.4) is 0 Å². The van der Waals surface area contributed by atoms with E-state index in [-0.39, 0.29) is 16.9 Å². The van der Waals surface area contributed by atoms with Gasteiger partial charge < -0.3 is 4.90 Å². The Morgan fingerprint density at radius 3 is 2.53 bits per heavy atom. The van der Waals surface area contributed by atoms with Crippen LogP contribution in [0.5, 0.6) is 0 Å². The van der Waals surface area contributed by atoms with Crippen molar-refractivity contribution in [2.75, 3.05) is 6.54 Å². The number of amides is 1. The first-order valence-electron chi connectivity index (χ1n) is 10.5. The molecular weight excluding hydrogens is 394 g/mol. The molecule has 0 N–H and O–H groups in total. The zero-order chi connectivity index (χ0) is 21.6. The molecule has 5 nitrogen and oxygen atoms in total. The van der Waals surface area contributed by atoms with Gasteiger partial charge in [-0.15, -0.1) is 11.3 Å². The van der Waals surface area contributed by atoms with E-state index in [0.717, 1.165) is 20.7 Å². The molecule has 3 aromatic rings. The first-order chi connectivity index (χ1) is 14.1. The fourth-order valence-corrected chi connectivity index (χ4v) is 5.20. The summed E-state index contributed by atoms with van der Waals surface area (Å²) >= 11 is 1.55. The van der Waals surface area contributed by atoms with E-state index in [1.165, 1.54) is 5.56 Å². The molecule has 2 aromatic heterocycles. The summed E-state index contributed by atoms with van der Waals surface area (Å²) in [5.41, 5.74) is 3.12. The van der Waals surface area contributed by atoms with Crippen LogP contribution >= 0.6 is 11.3 Å². The molecular formula is C24H29N3O2S.